The van der Waals surface area contributed by atoms with Gasteiger partial charge in [-0.15, -0.1) is 22.6 Å². The molecule has 1 aromatic carbocycles. The number of nitrogens with one attached hydrogen (secondary N) is 1. The Morgan fingerprint density at radius 2 is 1.90 bits per heavy atom. The summed E-state index contributed by atoms with van der Waals surface area (Å²) < 4.78 is 21.9. The first-order valence-electron chi connectivity index (χ1n) is 9.97. The molecule has 2 aromatic heterocycles. The van der Waals surface area contributed by atoms with Crippen molar-refractivity contribution in [3.05, 3.63) is 59.6 Å². The van der Waals surface area contributed by atoms with Gasteiger partial charge in [-0.25, -0.2) is 4.39 Å². The van der Waals surface area contributed by atoms with Crippen molar-refractivity contribution >= 4 is 18.3 Å². The molecular weight excluding hydrogens is 409 g/mol. The Morgan fingerprint density at radius 1 is 1.10 bits per heavy atom. The van der Waals surface area contributed by atoms with E-state index in [-0.39, 0.29) is 29.9 Å². The van der Waals surface area contributed by atoms with Crippen LogP contribution in [0.2, 0.25) is 0 Å². The molecule has 1 amide bonds. The van der Waals surface area contributed by atoms with Crippen LogP contribution in [-0.4, -0.2) is 45.2 Å². The van der Waals surface area contributed by atoms with Gasteiger partial charge in [-0.2, -0.15) is 0 Å². The molecule has 0 bridgehead atoms. The number of likely N-dealkylation sites (tertiary alicyclic amines) is 1. The predicted molar refractivity (Wildman–Crippen MR) is 111 cm³/mol. The molecule has 30 heavy (non-hydrogen) atoms. The topological polar surface area (TPSA) is 76.2 Å². The third-order valence-corrected chi connectivity index (χ3v) is 5.75. The molecule has 0 atom stereocenters. The number of rotatable bonds is 3. The molecule has 1 N–H and O–H groups in total. The summed E-state index contributed by atoms with van der Waals surface area (Å²) in [4.78, 5) is 14.7. The number of benzene rings is 1. The van der Waals surface area contributed by atoms with Crippen molar-refractivity contribution in [1.82, 2.24) is 25.0 Å². The maximum Gasteiger partial charge on any atom is 0.289 e. The van der Waals surface area contributed by atoms with E-state index in [4.69, 9.17) is 4.42 Å². The van der Waals surface area contributed by atoms with E-state index in [9.17, 15) is 9.18 Å². The average Bonchev–Trinajstić information content (AvgIpc) is 3.41. The zero-order valence-corrected chi connectivity index (χ0v) is 17.2. The predicted octanol–water partition coefficient (Wildman–Crippen LogP) is 3.22. The highest BCUT2D eigenvalue weighted by Crippen LogP contribution is 2.30. The largest absolute Gasteiger partial charge is 0.451 e. The summed E-state index contributed by atoms with van der Waals surface area (Å²) >= 11 is 0. The molecule has 0 radical (unpaired) electrons. The fourth-order valence-corrected chi connectivity index (χ4v) is 4.17. The summed E-state index contributed by atoms with van der Waals surface area (Å²) in [5.41, 5.74) is 0.358. The second kappa shape index (κ2) is 8.57. The van der Waals surface area contributed by atoms with E-state index in [1.54, 1.807) is 35.2 Å². The fraction of sp³-hybridized carbons (Fsp3) is 0.381. The lowest BCUT2D eigenvalue weighted by Gasteiger charge is -2.31. The number of nitrogens with zero attached hydrogens (tertiary/aromatic N) is 4. The van der Waals surface area contributed by atoms with E-state index < -0.39 is 0 Å². The van der Waals surface area contributed by atoms with Crippen LogP contribution in [0.3, 0.4) is 0 Å². The number of aromatic nitrogens is 3. The summed E-state index contributed by atoms with van der Waals surface area (Å²) in [6.45, 7) is 3.85. The lowest BCUT2D eigenvalue weighted by molar-refractivity contribution is 0.0679. The van der Waals surface area contributed by atoms with Crippen molar-refractivity contribution in [3.8, 4) is 11.3 Å². The quantitative estimate of drug-likeness (QED) is 0.689. The summed E-state index contributed by atoms with van der Waals surface area (Å²) in [5, 5.41) is 12.0. The number of furan rings is 1. The Hall–Kier alpha value is -2.71. The minimum atomic E-state index is -0.367. The highest BCUT2D eigenvalue weighted by molar-refractivity contribution is 5.92. The zero-order valence-electron chi connectivity index (χ0n) is 16.4. The number of fused-ring (bicyclic) bond motifs is 1. The van der Waals surface area contributed by atoms with Gasteiger partial charge >= 0.3 is 0 Å². The number of halogens is 2. The third kappa shape index (κ3) is 3.73. The van der Waals surface area contributed by atoms with Crippen molar-refractivity contribution in [2.75, 3.05) is 19.6 Å². The van der Waals surface area contributed by atoms with Gasteiger partial charge in [-0.05, 0) is 37.1 Å². The zero-order chi connectivity index (χ0) is 19.8. The Kier molecular flexibility index (Phi) is 5.87. The molecule has 4 heterocycles. The molecule has 9 heteroatoms. The number of piperidine rings is 1. The van der Waals surface area contributed by atoms with Crippen LogP contribution in [0.5, 0.6) is 0 Å². The fourth-order valence-electron chi connectivity index (χ4n) is 4.17. The standard InChI is InChI=1S/C21H22FN5O2.ClH/c22-16-4-2-1-3-15(16)17-5-6-18(29-17)21(28)26-10-7-14(8-11-26)20-25-24-19-13-23-9-12-27(19)20;/h1-6,14,23H,7-13H2;1H. The minimum absolute atomic E-state index is 0. The molecule has 3 aromatic rings. The third-order valence-electron chi connectivity index (χ3n) is 5.75. The molecule has 0 unspecified atom stereocenters. The van der Waals surface area contributed by atoms with E-state index in [0.29, 0.717) is 30.3 Å². The van der Waals surface area contributed by atoms with Crippen molar-refractivity contribution in [3.63, 3.8) is 0 Å². The molecule has 0 aliphatic carbocycles. The average molecular weight is 432 g/mol. The molecular formula is C21H23ClFN5O2. The van der Waals surface area contributed by atoms with Crippen LogP contribution in [0.1, 0.15) is 41.0 Å². The first kappa shape index (κ1) is 20.6. The minimum Gasteiger partial charge on any atom is -0.451 e. The van der Waals surface area contributed by atoms with Crippen LogP contribution >= 0.6 is 12.4 Å². The maximum atomic E-state index is 14.0. The molecule has 0 spiro atoms. The summed E-state index contributed by atoms with van der Waals surface area (Å²) in [5.74, 6) is 2.42. The van der Waals surface area contributed by atoms with E-state index in [1.165, 1.54) is 6.07 Å². The summed E-state index contributed by atoms with van der Waals surface area (Å²) in [6, 6.07) is 9.66. The second-order valence-electron chi connectivity index (χ2n) is 7.51. The first-order valence-corrected chi connectivity index (χ1v) is 9.97. The summed E-state index contributed by atoms with van der Waals surface area (Å²) in [6.07, 6.45) is 1.69. The van der Waals surface area contributed by atoms with Crippen molar-refractivity contribution in [1.29, 1.82) is 0 Å². The van der Waals surface area contributed by atoms with Gasteiger partial charge < -0.3 is 19.2 Å². The van der Waals surface area contributed by atoms with Crippen LogP contribution in [0.15, 0.2) is 40.8 Å². The smallest absolute Gasteiger partial charge is 0.289 e. The molecule has 1 fully saturated rings. The highest BCUT2D eigenvalue weighted by Gasteiger charge is 2.30. The van der Waals surface area contributed by atoms with Gasteiger partial charge in [0.1, 0.15) is 23.2 Å². The van der Waals surface area contributed by atoms with Crippen molar-refractivity contribution < 1.29 is 13.6 Å². The maximum absolute atomic E-state index is 14.0. The van der Waals surface area contributed by atoms with E-state index in [2.05, 4.69) is 20.1 Å². The van der Waals surface area contributed by atoms with Gasteiger partial charge in [0.25, 0.3) is 5.91 Å². The summed E-state index contributed by atoms with van der Waals surface area (Å²) in [7, 11) is 0. The monoisotopic (exact) mass is 431 g/mol. The van der Waals surface area contributed by atoms with Gasteiger partial charge in [-0.1, -0.05) is 12.1 Å². The van der Waals surface area contributed by atoms with Gasteiger partial charge in [-0.3, -0.25) is 4.79 Å². The van der Waals surface area contributed by atoms with E-state index >= 15 is 0 Å². The molecule has 2 aliphatic heterocycles. The van der Waals surface area contributed by atoms with Gasteiger partial charge in [0, 0.05) is 32.1 Å². The molecule has 7 nitrogen and oxygen atoms in total. The van der Waals surface area contributed by atoms with Crippen molar-refractivity contribution in [2.24, 2.45) is 0 Å². The van der Waals surface area contributed by atoms with Gasteiger partial charge in [0.15, 0.2) is 5.76 Å². The van der Waals surface area contributed by atoms with Gasteiger partial charge in [0.05, 0.1) is 12.1 Å². The van der Waals surface area contributed by atoms with E-state index in [0.717, 1.165) is 44.1 Å². The van der Waals surface area contributed by atoms with Gasteiger partial charge in [0.2, 0.25) is 0 Å². The molecule has 1 saturated heterocycles. The number of amides is 1. The Bertz CT molecular complexity index is 1040. The molecule has 158 valence electrons. The Morgan fingerprint density at radius 3 is 2.70 bits per heavy atom. The molecule has 2 aliphatic rings. The van der Waals surface area contributed by atoms with Crippen LogP contribution < -0.4 is 5.32 Å². The second-order valence-corrected chi connectivity index (χ2v) is 7.51. The van der Waals surface area contributed by atoms with Crippen molar-refractivity contribution in [2.45, 2.75) is 31.8 Å². The van der Waals surface area contributed by atoms with Crippen LogP contribution in [0.4, 0.5) is 4.39 Å². The molecule has 0 saturated carbocycles. The lowest BCUT2D eigenvalue weighted by Crippen LogP contribution is -2.38. The first-order chi connectivity index (χ1) is 14.2. The van der Waals surface area contributed by atoms with Crippen LogP contribution in [0.25, 0.3) is 11.3 Å². The normalized spacial score (nSPS) is 16.8. The number of carbonyl (C=O) groups excluding carboxylic acids is 1. The van der Waals surface area contributed by atoms with Crippen LogP contribution in [0, 0.1) is 5.82 Å². The molecule has 5 rings (SSSR count). The lowest BCUT2D eigenvalue weighted by atomic mass is 9.95. The number of carbonyl (C=O) groups is 1. The Labute approximate surface area is 179 Å². The Balaban J connectivity index is 0.00000218. The highest BCUT2D eigenvalue weighted by atomic mass is 35.5. The van der Waals surface area contributed by atoms with Crippen LogP contribution in [-0.2, 0) is 13.1 Å². The number of hydrogen-bond acceptors (Lipinski definition) is 5. The SMILES string of the molecule is Cl.O=C(c1ccc(-c2ccccc2F)o1)N1CCC(c2nnc3n2CCNC3)CC1. The number of hydrogen-bond donors (Lipinski definition) is 1. The van der Waals surface area contributed by atoms with E-state index in [1.807, 2.05) is 0 Å².